The molecule has 0 aliphatic heterocycles. The van der Waals surface area contributed by atoms with Crippen molar-refractivity contribution in [2.75, 3.05) is 5.75 Å². The van der Waals surface area contributed by atoms with Gasteiger partial charge in [-0.05, 0) is 24.8 Å². The zero-order valence-electron chi connectivity index (χ0n) is 16.4. The normalized spacial score (nSPS) is 16.7. The van der Waals surface area contributed by atoms with Gasteiger partial charge < -0.3 is 0 Å². The molecule has 148 valence electrons. The van der Waals surface area contributed by atoms with Crippen LogP contribution in [0.15, 0.2) is 59.5 Å². The lowest BCUT2D eigenvalue weighted by molar-refractivity contribution is 0.425. The molecule has 2 aliphatic rings. The topological polar surface area (TPSA) is 52.2 Å². The van der Waals surface area contributed by atoms with Crippen LogP contribution < -0.4 is 5.56 Å². The Hall–Kier alpha value is -2.60. The van der Waals surface area contributed by atoms with Crippen LogP contribution in [-0.2, 0) is 18.4 Å². The molecule has 0 saturated heterocycles. The zero-order valence-corrected chi connectivity index (χ0v) is 17.2. The number of rotatable bonds is 5. The second kappa shape index (κ2) is 7.02. The number of aromatic nitrogens is 4. The Kier molecular flexibility index (Phi) is 4.46. The number of nitrogens with zero attached hydrogens (tertiary/aromatic N) is 4. The van der Waals surface area contributed by atoms with E-state index in [0.29, 0.717) is 23.2 Å². The van der Waals surface area contributed by atoms with E-state index in [4.69, 9.17) is 4.98 Å². The van der Waals surface area contributed by atoms with Crippen molar-refractivity contribution in [2.45, 2.75) is 49.2 Å². The molecule has 6 heteroatoms. The third-order valence-corrected chi connectivity index (χ3v) is 7.14. The molecule has 0 radical (unpaired) electrons. The van der Waals surface area contributed by atoms with Crippen LogP contribution in [0.25, 0.3) is 17.0 Å². The van der Waals surface area contributed by atoms with Gasteiger partial charge in [0, 0.05) is 16.7 Å². The van der Waals surface area contributed by atoms with Crippen LogP contribution >= 0.6 is 11.8 Å². The fraction of sp³-hybridized carbons (Fsp3) is 0.348. The molecule has 0 atom stereocenters. The van der Waals surface area contributed by atoms with E-state index in [0.717, 1.165) is 48.9 Å². The summed E-state index contributed by atoms with van der Waals surface area (Å²) in [6, 6.07) is 8.41. The lowest BCUT2D eigenvalue weighted by Gasteiger charge is -2.35. The number of benzene rings is 1. The Labute approximate surface area is 174 Å². The largest absolute Gasteiger partial charge is 0.268 e. The van der Waals surface area contributed by atoms with E-state index >= 15 is 0 Å². The van der Waals surface area contributed by atoms with Gasteiger partial charge in [-0.1, -0.05) is 61.0 Å². The van der Waals surface area contributed by atoms with E-state index in [2.05, 4.69) is 36.5 Å². The van der Waals surface area contributed by atoms with E-state index in [1.807, 2.05) is 12.1 Å². The fourth-order valence-corrected chi connectivity index (χ4v) is 5.75. The van der Waals surface area contributed by atoms with Crippen LogP contribution in [0, 0.1) is 0 Å². The van der Waals surface area contributed by atoms with Crippen LogP contribution in [0.2, 0.25) is 0 Å². The molecule has 3 aromatic rings. The Bertz CT molecular complexity index is 1180. The van der Waals surface area contributed by atoms with Gasteiger partial charge in [-0.2, -0.15) is 0 Å². The first kappa shape index (κ1) is 18.4. The third kappa shape index (κ3) is 2.73. The fourth-order valence-electron chi connectivity index (χ4n) is 5.03. The maximum Gasteiger partial charge on any atom is 0.265 e. The van der Waals surface area contributed by atoms with Crippen LogP contribution in [0.3, 0.4) is 0 Å². The average Bonchev–Trinajstić information content (AvgIpc) is 3.32. The summed E-state index contributed by atoms with van der Waals surface area (Å²) in [6.07, 6.45) is 8.96. The standard InChI is InChI=1S/C23H24N4OS/c1-3-13-26-21-24-19-17-10-6-5-9-16(17)15-23(11-7-8-12-23)18(19)20(28)27(21)22(25-26)29-14-4-2/h3-6,9-10H,1-2,7-8,11-15H2. The second-order valence-corrected chi connectivity index (χ2v) is 8.94. The highest BCUT2D eigenvalue weighted by Gasteiger charge is 2.44. The van der Waals surface area contributed by atoms with Crippen molar-refractivity contribution < 1.29 is 0 Å². The lowest BCUT2D eigenvalue weighted by atomic mass is 9.68. The Morgan fingerprint density at radius 1 is 1.17 bits per heavy atom. The van der Waals surface area contributed by atoms with E-state index < -0.39 is 0 Å². The monoisotopic (exact) mass is 404 g/mol. The van der Waals surface area contributed by atoms with E-state index in [9.17, 15) is 4.79 Å². The smallest absolute Gasteiger partial charge is 0.265 e. The Morgan fingerprint density at radius 3 is 2.72 bits per heavy atom. The predicted molar refractivity (Wildman–Crippen MR) is 118 cm³/mol. The number of allylic oxidation sites excluding steroid dienone is 1. The maximum atomic E-state index is 14.0. The van der Waals surface area contributed by atoms with Crippen molar-refractivity contribution in [3.8, 4) is 11.3 Å². The first-order valence-electron chi connectivity index (χ1n) is 10.2. The van der Waals surface area contributed by atoms with Gasteiger partial charge in [0.2, 0.25) is 5.78 Å². The first-order chi connectivity index (χ1) is 14.2. The van der Waals surface area contributed by atoms with Crippen LogP contribution in [-0.4, -0.2) is 24.9 Å². The molecule has 0 bridgehead atoms. The number of thioether (sulfide) groups is 1. The molecule has 5 rings (SSSR count). The molecule has 29 heavy (non-hydrogen) atoms. The summed E-state index contributed by atoms with van der Waals surface area (Å²) >= 11 is 1.52. The maximum absolute atomic E-state index is 14.0. The predicted octanol–water partition coefficient (Wildman–Crippen LogP) is 4.39. The van der Waals surface area contributed by atoms with Crippen molar-refractivity contribution in [3.63, 3.8) is 0 Å². The van der Waals surface area contributed by atoms with Crippen molar-refractivity contribution in [3.05, 3.63) is 71.1 Å². The van der Waals surface area contributed by atoms with Gasteiger partial charge in [0.05, 0.1) is 17.8 Å². The van der Waals surface area contributed by atoms with Crippen LogP contribution in [0.4, 0.5) is 0 Å². The molecule has 1 fully saturated rings. The second-order valence-electron chi connectivity index (χ2n) is 7.95. The molecule has 1 saturated carbocycles. The zero-order chi connectivity index (χ0) is 20.0. The highest BCUT2D eigenvalue weighted by atomic mass is 32.2. The summed E-state index contributed by atoms with van der Waals surface area (Å²) in [5.74, 6) is 1.28. The van der Waals surface area contributed by atoms with Gasteiger partial charge in [-0.25, -0.2) is 14.1 Å². The number of hydrogen-bond acceptors (Lipinski definition) is 4. The lowest BCUT2D eigenvalue weighted by Crippen LogP contribution is -2.38. The van der Waals surface area contributed by atoms with Gasteiger partial charge in [0.25, 0.3) is 5.56 Å². The van der Waals surface area contributed by atoms with Crippen molar-refractivity contribution in [1.82, 2.24) is 19.2 Å². The van der Waals surface area contributed by atoms with Gasteiger partial charge in [-0.3, -0.25) is 4.79 Å². The first-order valence-corrected chi connectivity index (χ1v) is 11.1. The minimum absolute atomic E-state index is 0.0447. The van der Waals surface area contributed by atoms with Gasteiger partial charge >= 0.3 is 0 Å². The summed E-state index contributed by atoms with van der Waals surface area (Å²) in [5, 5.41) is 5.36. The summed E-state index contributed by atoms with van der Waals surface area (Å²) in [5.41, 5.74) is 4.08. The van der Waals surface area contributed by atoms with Gasteiger partial charge in [-0.15, -0.1) is 18.3 Å². The average molecular weight is 405 g/mol. The van der Waals surface area contributed by atoms with Gasteiger partial charge in [0.15, 0.2) is 5.16 Å². The summed E-state index contributed by atoms with van der Waals surface area (Å²) in [4.78, 5) is 19.0. The van der Waals surface area contributed by atoms with Crippen molar-refractivity contribution >= 4 is 17.5 Å². The number of hydrogen-bond donors (Lipinski definition) is 0. The molecular formula is C23H24N4OS. The van der Waals surface area contributed by atoms with Crippen molar-refractivity contribution in [2.24, 2.45) is 0 Å². The summed E-state index contributed by atoms with van der Waals surface area (Å²) in [6.45, 7) is 8.15. The van der Waals surface area contributed by atoms with Gasteiger partial charge in [0.1, 0.15) is 0 Å². The molecule has 0 N–H and O–H groups in total. The molecular weight excluding hydrogens is 380 g/mol. The van der Waals surface area contributed by atoms with Crippen LogP contribution in [0.5, 0.6) is 0 Å². The third-order valence-electron chi connectivity index (χ3n) is 6.22. The Balaban J connectivity index is 1.86. The van der Waals surface area contributed by atoms with Crippen LogP contribution in [0.1, 0.15) is 36.8 Å². The molecule has 0 amide bonds. The Morgan fingerprint density at radius 2 is 1.97 bits per heavy atom. The van der Waals surface area contributed by atoms with E-state index in [-0.39, 0.29) is 11.0 Å². The molecule has 0 unspecified atom stereocenters. The minimum Gasteiger partial charge on any atom is -0.268 e. The SMILES string of the molecule is C=CCSc1nn(CC=C)c2nc3c(c(=O)n12)C1(CCCC1)Cc1ccccc1-3. The molecule has 5 nitrogen and oxygen atoms in total. The summed E-state index contributed by atoms with van der Waals surface area (Å²) in [7, 11) is 0. The quantitative estimate of drug-likeness (QED) is 0.467. The van der Waals surface area contributed by atoms with E-state index in [1.54, 1.807) is 15.2 Å². The van der Waals surface area contributed by atoms with Crippen molar-refractivity contribution in [1.29, 1.82) is 0 Å². The molecule has 1 spiro atoms. The highest BCUT2D eigenvalue weighted by molar-refractivity contribution is 7.99. The minimum atomic E-state index is -0.101. The molecule has 2 heterocycles. The molecule has 2 aromatic heterocycles. The highest BCUT2D eigenvalue weighted by Crippen LogP contribution is 2.49. The molecule has 2 aliphatic carbocycles. The molecule has 1 aromatic carbocycles. The number of fused-ring (bicyclic) bond motifs is 5. The summed E-state index contributed by atoms with van der Waals surface area (Å²) < 4.78 is 3.49. The van der Waals surface area contributed by atoms with E-state index in [1.165, 1.54) is 17.3 Å².